The van der Waals surface area contributed by atoms with Crippen LogP contribution in [0.4, 0.5) is 0 Å². The van der Waals surface area contributed by atoms with Crippen LogP contribution in [0.3, 0.4) is 0 Å². The van der Waals surface area contributed by atoms with Gasteiger partial charge in [-0.1, -0.05) is 30.3 Å². The number of hydrogen-bond acceptors (Lipinski definition) is 3. The van der Waals surface area contributed by atoms with Gasteiger partial charge in [-0.25, -0.2) is 5.43 Å². The smallest absolute Gasteiger partial charge is 0.122 e. The molecule has 0 bridgehead atoms. The summed E-state index contributed by atoms with van der Waals surface area (Å²) in [5, 5.41) is 0. The van der Waals surface area contributed by atoms with E-state index in [0.29, 0.717) is 6.61 Å². The highest BCUT2D eigenvalue weighted by molar-refractivity contribution is 5.13. The van der Waals surface area contributed by atoms with Crippen LogP contribution in [0.1, 0.15) is 12.0 Å². The molecule has 13 heavy (non-hydrogen) atoms. The van der Waals surface area contributed by atoms with Gasteiger partial charge in [0.25, 0.3) is 0 Å². The molecule has 1 aliphatic heterocycles. The molecule has 1 unspecified atom stereocenters. The van der Waals surface area contributed by atoms with E-state index >= 15 is 0 Å². The predicted octanol–water partition coefficient (Wildman–Crippen LogP) is 1.03. The Labute approximate surface area is 78.1 Å². The van der Waals surface area contributed by atoms with Gasteiger partial charge < -0.3 is 4.74 Å². The fourth-order valence-corrected chi connectivity index (χ4v) is 1.36. The zero-order valence-electron chi connectivity index (χ0n) is 7.49. The summed E-state index contributed by atoms with van der Waals surface area (Å²) in [5.74, 6) is 0. The standard InChI is InChI=1S/C10H14N2O/c1-2-4-9(5-3-1)8-13-10-6-7-11-12-10/h1-5,10-12H,6-8H2. The number of nitrogens with one attached hydrogen (secondary N) is 2. The molecular weight excluding hydrogens is 164 g/mol. The van der Waals surface area contributed by atoms with Crippen molar-refractivity contribution in [2.24, 2.45) is 0 Å². The van der Waals surface area contributed by atoms with Gasteiger partial charge in [-0.2, -0.15) is 0 Å². The van der Waals surface area contributed by atoms with E-state index in [1.165, 1.54) is 5.56 Å². The molecule has 1 saturated heterocycles. The van der Waals surface area contributed by atoms with Crippen molar-refractivity contribution in [2.75, 3.05) is 6.54 Å². The molecule has 0 amide bonds. The molecule has 3 heteroatoms. The van der Waals surface area contributed by atoms with Crippen molar-refractivity contribution in [1.29, 1.82) is 0 Å². The number of ether oxygens (including phenoxy) is 1. The highest BCUT2D eigenvalue weighted by atomic mass is 16.5. The Balaban J connectivity index is 1.79. The van der Waals surface area contributed by atoms with E-state index in [1.54, 1.807) is 0 Å². The van der Waals surface area contributed by atoms with Gasteiger partial charge in [0.1, 0.15) is 6.23 Å². The van der Waals surface area contributed by atoms with Crippen LogP contribution in [0.15, 0.2) is 30.3 Å². The van der Waals surface area contributed by atoms with Crippen molar-refractivity contribution in [3.05, 3.63) is 35.9 Å². The van der Waals surface area contributed by atoms with Crippen molar-refractivity contribution < 1.29 is 4.74 Å². The fourth-order valence-electron chi connectivity index (χ4n) is 1.36. The third-order valence-electron chi connectivity index (χ3n) is 2.09. The zero-order valence-corrected chi connectivity index (χ0v) is 7.49. The van der Waals surface area contributed by atoms with E-state index in [-0.39, 0.29) is 6.23 Å². The van der Waals surface area contributed by atoms with E-state index in [2.05, 4.69) is 23.0 Å². The second kappa shape index (κ2) is 4.37. The SMILES string of the molecule is c1ccc(COC2CCNN2)cc1. The van der Waals surface area contributed by atoms with Crippen LogP contribution in [0, 0.1) is 0 Å². The first-order chi connectivity index (χ1) is 6.45. The van der Waals surface area contributed by atoms with Gasteiger partial charge >= 0.3 is 0 Å². The molecule has 70 valence electrons. The Morgan fingerprint density at radius 2 is 2.15 bits per heavy atom. The van der Waals surface area contributed by atoms with Crippen LogP contribution >= 0.6 is 0 Å². The summed E-state index contributed by atoms with van der Waals surface area (Å²) in [6.07, 6.45) is 1.20. The molecule has 1 aromatic carbocycles. The first kappa shape index (κ1) is 8.69. The molecule has 0 aliphatic carbocycles. The first-order valence-corrected chi connectivity index (χ1v) is 4.59. The maximum absolute atomic E-state index is 5.62. The summed E-state index contributed by atoms with van der Waals surface area (Å²) in [6.45, 7) is 1.67. The predicted molar refractivity (Wildman–Crippen MR) is 50.8 cm³/mol. The quantitative estimate of drug-likeness (QED) is 0.725. The van der Waals surface area contributed by atoms with Crippen molar-refractivity contribution in [2.45, 2.75) is 19.3 Å². The molecule has 3 nitrogen and oxygen atoms in total. The van der Waals surface area contributed by atoms with Gasteiger partial charge in [-0.15, -0.1) is 0 Å². The van der Waals surface area contributed by atoms with Gasteiger partial charge in [0.2, 0.25) is 0 Å². The minimum absolute atomic E-state index is 0.167. The summed E-state index contributed by atoms with van der Waals surface area (Å²) in [7, 11) is 0. The molecule has 0 radical (unpaired) electrons. The van der Waals surface area contributed by atoms with Gasteiger partial charge in [0.15, 0.2) is 0 Å². The van der Waals surface area contributed by atoms with Crippen LogP contribution in [0.25, 0.3) is 0 Å². The monoisotopic (exact) mass is 178 g/mol. The van der Waals surface area contributed by atoms with Crippen molar-refractivity contribution in [1.82, 2.24) is 10.9 Å². The molecule has 0 saturated carbocycles. The molecule has 1 fully saturated rings. The molecular formula is C10H14N2O. The van der Waals surface area contributed by atoms with E-state index in [1.807, 2.05) is 18.2 Å². The average Bonchev–Trinajstić information content (AvgIpc) is 2.69. The number of rotatable bonds is 3. The first-order valence-electron chi connectivity index (χ1n) is 4.59. The van der Waals surface area contributed by atoms with E-state index < -0.39 is 0 Å². The zero-order chi connectivity index (χ0) is 8.93. The Hall–Kier alpha value is -0.900. The van der Waals surface area contributed by atoms with Crippen LogP contribution in [-0.4, -0.2) is 12.8 Å². The van der Waals surface area contributed by atoms with E-state index in [0.717, 1.165) is 13.0 Å². The second-order valence-corrected chi connectivity index (χ2v) is 3.15. The lowest BCUT2D eigenvalue weighted by molar-refractivity contribution is 0.0275. The van der Waals surface area contributed by atoms with Gasteiger partial charge in [0, 0.05) is 13.0 Å². The average molecular weight is 178 g/mol. The Kier molecular flexibility index (Phi) is 2.92. The second-order valence-electron chi connectivity index (χ2n) is 3.15. The van der Waals surface area contributed by atoms with Crippen LogP contribution < -0.4 is 10.9 Å². The van der Waals surface area contributed by atoms with Gasteiger partial charge in [0.05, 0.1) is 6.61 Å². The largest absolute Gasteiger partial charge is 0.357 e. The third-order valence-corrected chi connectivity index (χ3v) is 2.09. The Bertz CT molecular complexity index is 244. The van der Waals surface area contributed by atoms with Crippen LogP contribution in [-0.2, 0) is 11.3 Å². The molecule has 1 atom stereocenters. The van der Waals surface area contributed by atoms with Crippen molar-refractivity contribution in [3.8, 4) is 0 Å². The van der Waals surface area contributed by atoms with E-state index in [9.17, 15) is 0 Å². The summed E-state index contributed by atoms with van der Waals surface area (Å²) >= 11 is 0. The maximum atomic E-state index is 5.62. The lowest BCUT2D eigenvalue weighted by Crippen LogP contribution is -2.31. The molecule has 2 rings (SSSR count). The van der Waals surface area contributed by atoms with Crippen LogP contribution in [0.2, 0.25) is 0 Å². The molecule has 0 aromatic heterocycles. The maximum Gasteiger partial charge on any atom is 0.122 e. The van der Waals surface area contributed by atoms with Crippen molar-refractivity contribution >= 4 is 0 Å². The lowest BCUT2D eigenvalue weighted by Gasteiger charge is -2.10. The third kappa shape index (κ3) is 2.52. The number of hydrazine groups is 1. The molecule has 2 N–H and O–H groups in total. The summed E-state index contributed by atoms with van der Waals surface area (Å²) < 4.78 is 5.62. The van der Waals surface area contributed by atoms with E-state index in [4.69, 9.17) is 4.74 Å². The van der Waals surface area contributed by atoms with Crippen LogP contribution in [0.5, 0.6) is 0 Å². The highest BCUT2D eigenvalue weighted by Crippen LogP contribution is 2.05. The summed E-state index contributed by atoms with van der Waals surface area (Å²) in [6, 6.07) is 10.2. The summed E-state index contributed by atoms with van der Waals surface area (Å²) in [5.41, 5.74) is 7.31. The minimum atomic E-state index is 0.167. The molecule has 0 spiro atoms. The van der Waals surface area contributed by atoms with Crippen molar-refractivity contribution in [3.63, 3.8) is 0 Å². The van der Waals surface area contributed by atoms with Gasteiger partial charge in [-0.05, 0) is 5.56 Å². The topological polar surface area (TPSA) is 33.3 Å². The Morgan fingerprint density at radius 1 is 1.31 bits per heavy atom. The molecule has 1 heterocycles. The number of hydrogen-bond donors (Lipinski definition) is 2. The molecule has 1 aliphatic rings. The minimum Gasteiger partial charge on any atom is -0.357 e. The van der Waals surface area contributed by atoms with Gasteiger partial charge in [-0.3, -0.25) is 5.43 Å². The lowest BCUT2D eigenvalue weighted by atomic mass is 10.2. The Morgan fingerprint density at radius 3 is 2.85 bits per heavy atom. The summed E-state index contributed by atoms with van der Waals surface area (Å²) in [4.78, 5) is 0. The number of benzene rings is 1. The fraction of sp³-hybridized carbons (Fsp3) is 0.400. The normalized spacial score (nSPS) is 22.0. The molecule has 1 aromatic rings. The highest BCUT2D eigenvalue weighted by Gasteiger charge is 2.13.